The average molecular weight is 440 g/mol. The molecule has 0 aliphatic carbocycles. The van der Waals surface area contributed by atoms with E-state index in [1.54, 1.807) is 31.2 Å². The number of aromatic nitrogens is 1. The van der Waals surface area contributed by atoms with Crippen molar-refractivity contribution in [3.8, 4) is 5.75 Å². The maximum atomic E-state index is 14.6. The number of hydrogen-bond donors (Lipinski definition) is 2. The van der Waals surface area contributed by atoms with Crippen molar-refractivity contribution in [1.82, 2.24) is 4.98 Å². The largest absolute Gasteiger partial charge is 0.491 e. The van der Waals surface area contributed by atoms with Gasteiger partial charge in [-0.3, -0.25) is 4.79 Å². The van der Waals surface area contributed by atoms with E-state index in [1.165, 1.54) is 12.1 Å². The number of hydrogen-bond acceptors (Lipinski definition) is 5. The molecule has 0 unspecified atom stereocenters. The number of benzene rings is 2. The van der Waals surface area contributed by atoms with Crippen molar-refractivity contribution in [3.63, 3.8) is 0 Å². The van der Waals surface area contributed by atoms with Crippen molar-refractivity contribution < 1.29 is 28.2 Å². The van der Waals surface area contributed by atoms with Crippen molar-refractivity contribution in [2.24, 2.45) is 0 Å². The number of fused-ring (bicyclic) bond motifs is 1. The zero-order valence-corrected chi connectivity index (χ0v) is 18.0. The average Bonchev–Trinajstić information content (AvgIpc) is 3.44. The molecule has 4 rings (SSSR count). The first-order valence-corrected chi connectivity index (χ1v) is 10.6. The van der Waals surface area contributed by atoms with Crippen LogP contribution in [0.3, 0.4) is 0 Å². The monoisotopic (exact) mass is 440 g/mol. The molecule has 1 amide bonds. The number of ether oxygens (including phenoxy) is 3. The predicted octanol–water partition coefficient (Wildman–Crippen LogP) is 4.60. The van der Waals surface area contributed by atoms with Gasteiger partial charge in [0.25, 0.3) is 5.91 Å². The smallest absolute Gasteiger partial charge is 0.354 e. The van der Waals surface area contributed by atoms with Crippen LogP contribution in [0.2, 0.25) is 0 Å². The lowest BCUT2D eigenvalue weighted by Crippen LogP contribution is -2.17. The van der Waals surface area contributed by atoms with Gasteiger partial charge in [0.1, 0.15) is 23.9 Å². The number of aryl methyl sites for hydroxylation is 1. The SMILES string of the molecule is CCOC(=O)c1cc2ccc(NC(=O)c3ccc(OC[C@@H]4CCCO4)cc3F)c(C)c2[nH]1. The highest BCUT2D eigenvalue weighted by Crippen LogP contribution is 2.27. The second-order valence-electron chi connectivity index (χ2n) is 7.65. The molecule has 1 aliphatic rings. The quantitative estimate of drug-likeness (QED) is 0.524. The standard InChI is InChI=1S/C24H25FN2O5/c1-3-30-24(29)21-11-15-6-9-20(14(2)22(15)26-21)27-23(28)18-8-7-16(12-19(18)25)32-13-17-5-4-10-31-17/h6-9,11-12,17,26H,3-5,10,13H2,1-2H3,(H,27,28)/t17-/m0/s1. The van der Waals surface area contributed by atoms with Crippen LogP contribution in [0, 0.1) is 12.7 Å². The highest BCUT2D eigenvalue weighted by atomic mass is 19.1. The lowest BCUT2D eigenvalue weighted by Gasteiger charge is -2.13. The van der Waals surface area contributed by atoms with Crippen LogP contribution in [0.4, 0.5) is 10.1 Å². The highest BCUT2D eigenvalue weighted by Gasteiger charge is 2.19. The third kappa shape index (κ3) is 4.60. The van der Waals surface area contributed by atoms with Crippen LogP contribution in [0.5, 0.6) is 5.75 Å². The van der Waals surface area contributed by atoms with Gasteiger partial charge in [-0.15, -0.1) is 0 Å². The maximum Gasteiger partial charge on any atom is 0.354 e. The van der Waals surface area contributed by atoms with Gasteiger partial charge in [0, 0.05) is 23.7 Å². The summed E-state index contributed by atoms with van der Waals surface area (Å²) in [5.41, 5.74) is 2.18. The number of halogens is 1. The number of esters is 1. The van der Waals surface area contributed by atoms with Crippen molar-refractivity contribution in [1.29, 1.82) is 0 Å². The number of rotatable bonds is 7. The van der Waals surface area contributed by atoms with E-state index in [4.69, 9.17) is 14.2 Å². The second-order valence-corrected chi connectivity index (χ2v) is 7.65. The predicted molar refractivity (Wildman–Crippen MR) is 118 cm³/mol. The Morgan fingerprint density at radius 3 is 2.81 bits per heavy atom. The zero-order valence-electron chi connectivity index (χ0n) is 18.0. The molecule has 7 nitrogen and oxygen atoms in total. The van der Waals surface area contributed by atoms with Crippen LogP contribution in [-0.4, -0.2) is 42.8 Å². The number of H-pyrrole nitrogens is 1. The van der Waals surface area contributed by atoms with Gasteiger partial charge in [-0.1, -0.05) is 6.07 Å². The summed E-state index contributed by atoms with van der Waals surface area (Å²) in [6, 6.07) is 9.36. The molecule has 8 heteroatoms. The molecule has 0 saturated carbocycles. The van der Waals surface area contributed by atoms with Crippen LogP contribution in [0.15, 0.2) is 36.4 Å². The van der Waals surface area contributed by atoms with Crippen molar-refractivity contribution in [2.45, 2.75) is 32.8 Å². The number of nitrogens with one attached hydrogen (secondary N) is 2. The molecule has 1 aromatic heterocycles. The first-order valence-electron chi connectivity index (χ1n) is 10.6. The third-order valence-electron chi connectivity index (χ3n) is 5.45. The van der Waals surface area contributed by atoms with Crippen molar-refractivity contribution in [3.05, 3.63) is 59.0 Å². The zero-order chi connectivity index (χ0) is 22.7. The van der Waals surface area contributed by atoms with Gasteiger partial charge in [-0.2, -0.15) is 0 Å². The first kappa shape index (κ1) is 21.8. The normalized spacial score (nSPS) is 15.7. The van der Waals surface area contributed by atoms with Gasteiger partial charge in [-0.25, -0.2) is 9.18 Å². The molecule has 0 bridgehead atoms. The molecule has 2 aromatic carbocycles. The molecular formula is C24H25FN2O5. The Labute approximate surface area is 184 Å². The Morgan fingerprint density at radius 1 is 1.25 bits per heavy atom. The minimum atomic E-state index is -0.671. The summed E-state index contributed by atoms with van der Waals surface area (Å²) in [5.74, 6) is -1.34. The minimum Gasteiger partial charge on any atom is -0.491 e. The Bertz CT molecular complexity index is 1150. The number of carbonyl (C=O) groups excluding carboxylic acids is 2. The molecule has 32 heavy (non-hydrogen) atoms. The molecule has 0 spiro atoms. The topological polar surface area (TPSA) is 89.7 Å². The molecule has 2 N–H and O–H groups in total. The third-order valence-corrected chi connectivity index (χ3v) is 5.45. The Morgan fingerprint density at radius 2 is 2.09 bits per heavy atom. The van der Waals surface area contributed by atoms with E-state index >= 15 is 0 Å². The van der Waals surface area contributed by atoms with E-state index in [1.807, 2.05) is 6.92 Å². The minimum absolute atomic E-state index is 0.0243. The summed E-state index contributed by atoms with van der Waals surface area (Å²) in [7, 11) is 0. The molecule has 1 saturated heterocycles. The lowest BCUT2D eigenvalue weighted by molar-refractivity contribution is 0.0520. The van der Waals surface area contributed by atoms with E-state index in [0.717, 1.165) is 30.4 Å². The number of aromatic amines is 1. The van der Waals surface area contributed by atoms with Crippen LogP contribution in [0.1, 0.15) is 46.2 Å². The Kier molecular flexibility index (Phi) is 6.41. The molecule has 0 radical (unpaired) electrons. The van der Waals surface area contributed by atoms with E-state index in [-0.39, 0.29) is 18.3 Å². The highest BCUT2D eigenvalue weighted by molar-refractivity contribution is 6.06. The molecule has 1 aliphatic heterocycles. The fourth-order valence-corrected chi connectivity index (χ4v) is 3.72. The van der Waals surface area contributed by atoms with Crippen LogP contribution in [0.25, 0.3) is 10.9 Å². The van der Waals surface area contributed by atoms with E-state index in [9.17, 15) is 14.0 Å². The van der Waals surface area contributed by atoms with Gasteiger partial charge in [0.05, 0.1) is 23.8 Å². The first-order chi connectivity index (χ1) is 15.5. The summed E-state index contributed by atoms with van der Waals surface area (Å²) in [6.45, 7) is 4.90. The summed E-state index contributed by atoms with van der Waals surface area (Å²) in [5, 5.41) is 3.55. The Balaban J connectivity index is 1.48. The van der Waals surface area contributed by atoms with E-state index in [2.05, 4.69) is 10.3 Å². The summed E-state index contributed by atoms with van der Waals surface area (Å²) in [6.07, 6.45) is 1.95. The summed E-state index contributed by atoms with van der Waals surface area (Å²) < 4.78 is 30.7. The number of anilines is 1. The molecule has 3 aromatic rings. The molecule has 168 valence electrons. The molecular weight excluding hydrogens is 415 g/mol. The second kappa shape index (κ2) is 9.40. The maximum absolute atomic E-state index is 14.6. The van der Waals surface area contributed by atoms with Gasteiger partial charge in [0.15, 0.2) is 0 Å². The van der Waals surface area contributed by atoms with Gasteiger partial charge in [0.2, 0.25) is 0 Å². The Hall–Kier alpha value is -3.39. The van der Waals surface area contributed by atoms with Crippen LogP contribution in [-0.2, 0) is 9.47 Å². The van der Waals surface area contributed by atoms with Gasteiger partial charge < -0.3 is 24.5 Å². The molecule has 1 fully saturated rings. The van der Waals surface area contributed by atoms with Crippen LogP contribution >= 0.6 is 0 Å². The van der Waals surface area contributed by atoms with Crippen LogP contribution < -0.4 is 10.1 Å². The van der Waals surface area contributed by atoms with Crippen molar-refractivity contribution >= 4 is 28.5 Å². The number of carbonyl (C=O) groups is 2. The van der Waals surface area contributed by atoms with E-state index < -0.39 is 17.7 Å². The van der Waals surface area contributed by atoms with E-state index in [0.29, 0.717) is 29.3 Å². The fourth-order valence-electron chi connectivity index (χ4n) is 3.72. The number of amides is 1. The van der Waals surface area contributed by atoms with Gasteiger partial charge in [-0.05, 0) is 56.5 Å². The lowest BCUT2D eigenvalue weighted by atomic mass is 10.1. The van der Waals surface area contributed by atoms with Crippen molar-refractivity contribution in [2.75, 3.05) is 25.1 Å². The summed E-state index contributed by atoms with van der Waals surface area (Å²) >= 11 is 0. The molecule has 2 heterocycles. The molecule has 1 atom stereocenters. The fraction of sp³-hybridized carbons (Fsp3) is 0.333. The van der Waals surface area contributed by atoms with Gasteiger partial charge >= 0.3 is 5.97 Å². The summed E-state index contributed by atoms with van der Waals surface area (Å²) in [4.78, 5) is 27.7.